The fourth-order valence-corrected chi connectivity index (χ4v) is 6.00. The smallest absolute Gasteiger partial charge is 0.151 e. The quantitative estimate of drug-likeness (QED) is 0.151. The summed E-state index contributed by atoms with van der Waals surface area (Å²) in [6.45, 7) is 0. The van der Waals surface area contributed by atoms with Crippen molar-refractivity contribution in [3.63, 3.8) is 0 Å². The van der Waals surface area contributed by atoms with E-state index in [-0.39, 0.29) is 0 Å². The molecule has 0 aromatic heterocycles. The highest BCUT2D eigenvalue weighted by molar-refractivity contribution is 6.10. The SMILES string of the molecule is O=Cc1c(C#Cc2ccc3ccccc3c2)c(-c2ccccc2)c(-c2ccccc2)c(-c2ccccc2)c1-c1ccccc1. The first kappa shape index (κ1) is 26.9. The molecular formula is C43H28O. The van der Waals surface area contributed by atoms with Gasteiger partial charge in [-0.2, -0.15) is 0 Å². The normalized spacial score (nSPS) is 10.6. The lowest BCUT2D eigenvalue weighted by molar-refractivity contribution is 0.112. The summed E-state index contributed by atoms with van der Waals surface area (Å²) in [7, 11) is 0. The maximum absolute atomic E-state index is 13.4. The van der Waals surface area contributed by atoms with Crippen LogP contribution >= 0.6 is 0 Å². The summed E-state index contributed by atoms with van der Waals surface area (Å²) in [5, 5.41) is 2.30. The molecule has 1 heteroatoms. The minimum atomic E-state index is 0.585. The molecule has 0 amide bonds. The van der Waals surface area contributed by atoms with Crippen molar-refractivity contribution in [2.75, 3.05) is 0 Å². The Balaban J connectivity index is 1.66. The van der Waals surface area contributed by atoms with Crippen LogP contribution in [0.2, 0.25) is 0 Å². The molecule has 206 valence electrons. The first-order valence-corrected chi connectivity index (χ1v) is 14.7. The van der Waals surface area contributed by atoms with Gasteiger partial charge < -0.3 is 0 Å². The fraction of sp³-hybridized carbons (Fsp3) is 0. The van der Waals surface area contributed by atoms with E-state index in [0.29, 0.717) is 5.56 Å². The third-order valence-electron chi connectivity index (χ3n) is 7.99. The first-order chi connectivity index (χ1) is 21.8. The molecule has 0 spiro atoms. The average Bonchev–Trinajstić information content (AvgIpc) is 3.11. The Bertz CT molecular complexity index is 2150. The van der Waals surface area contributed by atoms with Crippen LogP contribution in [0.1, 0.15) is 21.5 Å². The molecule has 0 unspecified atom stereocenters. The van der Waals surface area contributed by atoms with E-state index in [1.165, 1.54) is 5.39 Å². The number of aldehydes is 1. The van der Waals surface area contributed by atoms with Crippen LogP contribution < -0.4 is 0 Å². The molecule has 0 N–H and O–H groups in total. The van der Waals surface area contributed by atoms with E-state index in [0.717, 1.165) is 67.3 Å². The molecule has 0 bridgehead atoms. The van der Waals surface area contributed by atoms with E-state index >= 15 is 0 Å². The minimum absolute atomic E-state index is 0.585. The molecule has 7 rings (SSSR count). The van der Waals surface area contributed by atoms with Gasteiger partial charge in [-0.3, -0.25) is 4.79 Å². The summed E-state index contributed by atoms with van der Waals surface area (Å²) < 4.78 is 0. The molecule has 0 aliphatic carbocycles. The standard InChI is InChI=1S/C43H28O/c44-30-39-38(28-26-31-25-27-32-15-13-14-24-37(32)29-31)40(33-16-5-1-6-17-33)42(35-20-9-3-10-21-35)43(36-22-11-4-12-23-36)41(39)34-18-7-2-8-19-34/h1-25,27,29-30H. The average molecular weight is 561 g/mol. The number of fused-ring (bicyclic) bond motifs is 1. The van der Waals surface area contributed by atoms with Crippen LogP contribution in [0.25, 0.3) is 55.3 Å². The van der Waals surface area contributed by atoms with Crippen molar-refractivity contribution in [2.24, 2.45) is 0 Å². The maximum Gasteiger partial charge on any atom is 0.151 e. The zero-order valence-electron chi connectivity index (χ0n) is 24.1. The van der Waals surface area contributed by atoms with Crippen molar-refractivity contribution < 1.29 is 4.79 Å². The summed E-state index contributed by atoms with van der Waals surface area (Å²) in [6, 6.07) is 55.9. The molecule has 0 radical (unpaired) electrons. The van der Waals surface area contributed by atoms with Crippen LogP contribution in [0.4, 0.5) is 0 Å². The molecule has 7 aromatic carbocycles. The Hall–Kier alpha value is -5.97. The largest absolute Gasteiger partial charge is 0.298 e. The van der Waals surface area contributed by atoms with Crippen molar-refractivity contribution in [2.45, 2.75) is 0 Å². The van der Waals surface area contributed by atoms with Gasteiger partial charge in [-0.05, 0) is 56.3 Å². The van der Waals surface area contributed by atoms with E-state index in [1.54, 1.807) is 0 Å². The number of carbonyl (C=O) groups excluding carboxylic acids is 1. The Kier molecular flexibility index (Phi) is 7.40. The Labute approximate surface area is 258 Å². The second kappa shape index (κ2) is 12.1. The molecule has 0 saturated heterocycles. The summed E-state index contributed by atoms with van der Waals surface area (Å²) in [4.78, 5) is 13.4. The number of hydrogen-bond donors (Lipinski definition) is 0. The fourth-order valence-electron chi connectivity index (χ4n) is 6.00. The molecule has 0 aliphatic rings. The molecule has 7 aromatic rings. The number of carbonyl (C=O) groups is 1. The van der Waals surface area contributed by atoms with Crippen molar-refractivity contribution in [1.82, 2.24) is 0 Å². The highest BCUT2D eigenvalue weighted by atomic mass is 16.1. The molecule has 1 nitrogen and oxygen atoms in total. The van der Waals surface area contributed by atoms with Gasteiger partial charge >= 0.3 is 0 Å². The van der Waals surface area contributed by atoms with E-state index in [9.17, 15) is 4.79 Å². The van der Waals surface area contributed by atoms with Gasteiger partial charge in [0.15, 0.2) is 6.29 Å². The van der Waals surface area contributed by atoms with Gasteiger partial charge in [0, 0.05) is 27.8 Å². The molecule has 0 atom stereocenters. The van der Waals surface area contributed by atoms with Gasteiger partial charge in [-0.1, -0.05) is 164 Å². The maximum atomic E-state index is 13.4. The minimum Gasteiger partial charge on any atom is -0.298 e. The van der Waals surface area contributed by atoms with Gasteiger partial charge in [0.1, 0.15) is 0 Å². The second-order valence-corrected chi connectivity index (χ2v) is 10.7. The number of rotatable bonds is 5. The molecular weight excluding hydrogens is 532 g/mol. The van der Waals surface area contributed by atoms with Crippen LogP contribution in [0.3, 0.4) is 0 Å². The van der Waals surface area contributed by atoms with Crippen molar-refractivity contribution in [3.8, 4) is 56.3 Å². The highest BCUT2D eigenvalue weighted by Crippen LogP contribution is 2.49. The third-order valence-corrected chi connectivity index (χ3v) is 7.99. The van der Waals surface area contributed by atoms with Crippen LogP contribution in [-0.2, 0) is 0 Å². The number of benzene rings is 7. The van der Waals surface area contributed by atoms with Crippen LogP contribution in [-0.4, -0.2) is 6.29 Å². The Morgan fingerprint density at radius 3 is 1.34 bits per heavy atom. The van der Waals surface area contributed by atoms with Gasteiger partial charge in [-0.15, -0.1) is 0 Å². The van der Waals surface area contributed by atoms with Crippen LogP contribution in [0, 0.1) is 11.8 Å². The predicted octanol–water partition coefficient (Wildman–Crippen LogP) is 10.7. The molecule has 44 heavy (non-hydrogen) atoms. The van der Waals surface area contributed by atoms with Crippen LogP contribution in [0.5, 0.6) is 0 Å². The molecule has 0 heterocycles. The third kappa shape index (κ3) is 5.11. The molecule has 0 saturated carbocycles. The first-order valence-electron chi connectivity index (χ1n) is 14.7. The predicted molar refractivity (Wildman–Crippen MR) is 184 cm³/mol. The van der Waals surface area contributed by atoms with E-state index in [2.05, 4.69) is 109 Å². The molecule has 0 aliphatic heterocycles. The van der Waals surface area contributed by atoms with E-state index in [4.69, 9.17) is 0 Å². The summed E-state index contributed by atoms with van der Waals surface area (Å²) in [5.41, 5.74) is 10.2. The Morgan fingerprint density at radius 1 is 0.386 bits per heavy atom. The van der Waals surface area contributed by atoms with Gasteiger partial charge in [0.2, 0.25) is 0 Å². The summed E-state index contributed by atoms with van der Waals surface area (Å²) in [6.07, 6.45) is 0.986. The van der Waals surface area contributed by atoms with Crippen molar-refractivity contribution >= 4 is 17.1 Å². The van der Waals surface area contributed by atoms with Crippen molar-refractivity contribution in [1.29, 1.82) is 0 Å². The number of hydrogen-bond acceptors (Lipinski definition) is 1. The monoisotopic (exact) mass is 560 g/mol. The summed E-state index contributed by atoms with van der Waals surface area (Å²) >= 11 is 0. The van der Waals surface area contributed by atoms with Gasteiger partial charge in [-0.25, -0.2) is 0 Å². The van der Waals surface area contributed by atoms with E-state index < -0.39 is 0 Å². The lowest BCUT2D eigenvalue weighted by Crippen LogP contribution is -2.04. The van der Waals surface area contributed by atoms with Gasteiger partial charge in [0.25, 0.3) is 0 Å². The highest BCUT2D eigenvalue weighted by Gasteiger charge is 2.26. The van der Waals surface area contributed by atoms with Gasteiger partial charge in [0.05, 0.1) is 0 Å². The lowest BCUT2D eigenvalue weighted by Gasteiger charge is -2.24. The zero-order chi connectivity index (χ0) is 29.7. The summed E-state index contributed by atoms with van der Waals surface area (Å²) in [5.74, 6) is 6.98. The zero-order valence-corrected chi connectivity index (χ0v) is 24.1. The Morgan fingerprint density at radius 2 is 0.818 bits per heavy atom. The second-order valence-electron chi connectivity index (χ2n) is 10.7. The van der Waals surface area contributed by atoms with Crippen LogP contribution in [0.15, 0.2) is 164 Å². The lowest BCUT2D eigenvalue weighted by atomic mass is 9.77. The topological polar surface area (TPSA) is 17.1 Å². The molecule has 0 fully saturated rings. The van der Waals surface area contributed by atoms with Crippen molar-refractivity contribution in [3.05, 3.63) is 180 Å². The van der Waals surface area contributed by atoms with E-state index in [1.807, 2.05) is 66.7 Å².